The average Bonchev–Trinajstić information content (AvgIpc) is 3.16. The number of imide groups is 1. The number of methoxy groups -OCH3 is 1. The smallest absolute Gasteiger partial charge is 0.327 e. The minimum atomic E-state index is -0.325. The molecule has 0 spiro atoms. The van der Waals surface area contributed by atoms with E-state index in [0.717, 1.165) is 37.3 Å². The van der Waals surface area contributed by atoms with Gasteiger partial charge in [-0.25, -0.2) is 9.78 Å². The molecular weight excluding hydrogens is 320 g/mol. The number of urea groups is 1. The maximum atomic E-state index is 12.7. The molecule has 7 heteroatoms. The molecule has 4 rings (SSSR count). The topological polar surface area (TPSA) is 66.0 Å². The number of carbonyl (C=O) groups is 2. The predicted octanol–water partition coefficient (Wildman–Crippen LogP) is 1.41. The lowest BCUT2D eigenvalue weighted by molar-refractivity contribution is -0.130. The Bertz CT molecular complexity index is 645. The molecule has 134 valence electrons. The van der Waals surface area contributed by atoms with E-state index in [4.69, 9.17) is 4.74 Å². The summed E-state index contributed by atoms with van der Waals surface area (Å²) in [5.41, 5.74) is 1.14. The molecule has 3 saturated heterocycles. The summed E-state index contributed by atoms with van der Waals surface area (Å²) in [6, 6.07) is 3.62. The molecule has 0 bridgehead atoms. The molecule has 0 unspecified atom stereocenters. The van der Waals surface area contributed by atoms with E-state index in [2.05, 4.69) is 16.0 Å². The summed E-state index contributed by atoms with van der Waals surface area (Å²) in [4.78, 5) is 35.3. The van der Waals surface area contributed by atoms with E-state index in [1.54, 1.807) is 12.0 Å². The second kappa shape index (κ2) is 6.29. The molecule has 7 nitrogen and oxygen atoms in total. The van der Waals surface area contributed by atoms with Crippen molar-refractivity contribution >= 4 is 17.8 Å². The van der Waals surface area contributed by atoms with Gasteiger partial charge in [0.15, 0.2) is 0 Å². The van der Waals surface area contributed by atoms with Gasteiger partial charge in [0.25, 0.3) is 5.91 Å². The highest BCUT2D eigenvalue weighted by Gasteiger charge is 2.52. The van der Waals surface area contributed by atoms with E-state index in [1.165, 1.54) is 4.90 Å². The first-order chi connectivity index (χ1) is 12.1. The quantitative estimate of drug-likeness (QED) is 0.776. The molecule has 0 aromatic carbocycles. The fourth-order valence-electron chi connectivity index (χ4n) is 4.14. The van der Waals surface area contributed by atoms with Crippen molar-refractivity contribution in [1.82, 2.24) is 14.8 Å². The minimum absolute atomic E-state index is 0.00621. The van der Waals surface area contributed by atoms with E-state index < -0.39 is 0 Å². The van der Waals surface area contributed by atoms with Crippen LogP contribution in [0.1, 0.15) is 24.8 Å². The van der Waals surface area contributed by atoms with Crippen molar-refractivity contribution in [3.05, 3.63) is 23.9 Å². The zero-order valence-electron chi connectivity index (χ0n) is 14.7. The van der Waals surface area contributed by atoms with Crippen molar-refractivity contribution in [2.45, 2.75) is 44.4 Å². The molecule has 1 aromatic heterocycles. The van der Waals surface area contributed by atoms with E-state index in [0.29, 0.717) is 13.0 Å². The zero-order chi connectivity index (χ0) is 17.6. The number of rotatable bonds is 3. The van der Waals surface area contributed by atoms with Gasteiger partial charge in [0.2, 0.25) is 0 Å². The Morgan fingerprint density at radius 3 is 2.56 bits per heavy atom. The van der Waals surface area contributed by atoms with Crippen LogP contribution in [0.3, 0.4) is 0 Å². The maximum absolute atomic E-state index is 12.7. The van der Waals surface area contributed by atoms with Crippen LogP contribution >= 0.6 is 0 Å². The van der Waals surface area contributed by atoms with Gasteiger partial charge in [-0.3, -0.25) is 9.69 Å². The second-order valence-electron chi connectivity index (χ2n) is 7.16. The summed E-state index contributed by atoms with van der Waals surface area (Å²) >= 11 is 0. The first-order valence-electron chi connectivity index (χ1n) is 8.92. The normalized spacial score (nSPS) is 27.4. The maximum Gasteiger partial charge on any atom is 0.327 e. The largest absolute Gasteiger partial charge is 0.380 e. The molecule has 1 aromatic rings. The Kier molecular flexibility index (Phi) is 4.11. The van der Waals surface area contributed by atoms with Crippen LogP contribution < -0.4 is 4.90 Å². The number of nitrogens with zero attached hydrogens (tertiary/aromatic N) is 4. The molecule has 3 aliphatic heterocycles. The van der Waals surface area contributed by atoms with Gasteiger partial charge < -0.3 is 14.5 Å². The Labute approximate surface area is 147 Å². The highest BCUT2D eigenvalue weighted by atomic mass is 16.5. The first-order valence-corrected chi connectivity index (χ1v) is 8.92. The van der Waals surface area contributed by atoms with E-state index in [9.17, 15) is 9.59 Å². The number of ether oxygens (including phenoxy) is 1. The third kappa shape index (κ3) is 2.76. The van der Waals surface area contributed by atoms with Gasteiger partial charge in [0.1, 0.15) is 11.9 Å². The van der Waals surface area contributed by atoms with Crippen molar-refractivity contribution in [1.29, 1.82) is 0 Å². The molecule has 25 heavy (non-hydrogen) atoms. The van der Waals surface area contributed by atoms with Crippen LogP contribution in [-0.4, -0.2) is 71.7 Å². The number of aryl methyl sites for hydroxylation is 1. The van der Waals surface area contributed by atoms with Gasteiger partial charge in [-0.1, -0.05) is 6.07 Å². The van der Waals surface area contributed by atoms with Crippen molar-refractivity contribution in [2.24, 2.45) is 0 Å². The summed E-state index contributed by atoms with van der Waals surface area (Å²) in [7, 11) is 1.63. The monoisotopic (exact) mass is 344 g/mol. The number of pyridine rings is 1. The fraction of sp³-hybridized carbons (Fsp3) is 0.611. The molecule has 0 radical (unpaired) electrons. The zero-order valence-corrected chi connectivity index (χ0v) is 14.7. The van der Waals surface area contributed by atoms with Crippen LogP contribution in [0.15, 0.2) is 18.3 Å². The third-order valence-electron chi connectivity index (χ3n) is 5.62. The molecule has 0 aliphatic carbocycles. The number of hydrogen-bond donors (Lipinski definition) is 0. The number of anilines is 1. The Morgan fingerprint density at radius 2 is 1.96 bits per heavy atom. The van der Waals surface area contributed by atoms with Gasteiger partial charge in [0, 0.05) is 45.4 Å². The standard InChI is InChI=1S/C18H24N4O3/c1-12-3-4-16(19-10-12)20-7-5-13(6-8-20)22-17(23)15-9-14(25-2)11-21(15)18(22)24/h3-4,10,13-15H,5-9,11H2,1-2H3/t14-,15+/m0/s1. The first kappa shape index (κ1) is 16.3. The Morgan fingerprint density at radius 1 is 1.20 bits per heavy atom. The van der Waals surface area contributed by atoms with Crippen LogP contribution in [0.5, 0.6) is 0 Å². The van der Waals surface area contributed by atoms with Gasteiger partial charge in [-0.2, -0.15) is 0 Å². The minimum Gasteiger partial charge on any atom is -0.380 e. The number of carbonyl (C=O) groups excluding carboxylic acids is 2. The summed E-state index contributed by atoms with van der Waals surface area (Å²) in [6.07, 6.45) is 4.05. The lowest BCUT2D eigenvalue weighted by Crippen LogP contribution is -2.49. The van der Waals surface area contributed by atoms with Crippen molar-refractivity contribution in [2.75, 3.05) is 31.6 Å². The predicted molar refractivity (Wildman–Crippen MR) is 92.4 cm³/mol. The molecular formula is C18H24N4O3. The lowest BCUT2D eigenvalue weighted by atomic mass is 10.0. The molecule has 2 atom stereocenters. The Balaban J connectivity index is 1.41. The second-order valence-corrected chi connectivity index (χ2v) is 7.16. The van der Waals surface area contributed by atoms with Gasteiger partial charge in [0.05, 0.1) is 6.10 Å². The number of fused-ring (bicyclic) bond motifs is 1. The van der Waals surface area contributed by atoms with Crippen LogP contribution in [0.2, 0.25) is 0 Å². The van der Waals surface area contributed by atoms with Gasteiger partial charge >= 0.3 is 6.03 Å². The summed E-state index contributed by atoms with van der Waals surface area (Å²) in [5, 5.41) is 0. The number of aromatic nitrogens is 1. The molecule has 3 amide bonds. The van der Waals surface area contributed by atoms with Crippen molar-refractivity contribution < 1.29 is 14.3 Å². The summed E-state index contributed by atoms with van der Waals surface area (Å²) in [6.45, 7) is 4.16. The SMILES string of the molecule is CO[C@H]1C[C@@H]2C(=O)N(C3CCN(c4ccc(C)cn4)CC3)C(=O)N2C1. The molecule has 0 N–H and O–H groups in total. The highest BCUT2D eigenvalue weighted by molar-refractivity contribution is 6.05. The molecule has 3 aliphatic rings. The number of piperidine rings is 1. The van der Waals surface area contributed by atoms with Crippen LogP contribution in [-0.2, 0) is 9.53 Å². The molecule has 3 fully saturated rings. The number of amides is 3. The lowest BCUT2D eigenvalue weighted by Gasteiger charge is -2.36. The van der Waals surface area contributed by atoms with E-state index in [-0.39, 0.29) is 30.1 Å². The van der Waals surface area contributed by atoms with Crippen molar-refractivity contribution in [3.63, 3.8) is 0 Å². The van der Waals surface area contributed by atoms with Crippen molar-refractivity contribution in [3.8, 4) is 0 Å². The molecule has 4 heterocycles. The third-order valence-corrected chi connectivity index (χ3v) is 5.62. The van der Waals surface area contributed by atoms with Crippen LogP contribution in [0, 0.1) is 6.92 Å². The van der Waals surface area contributed by atoms with E-state index in [1.807, 2.05) is 19.2 Å². The van der Waals surface area contributed by atoms with E-state index >= 15 is 0 Å². The Hall–Kier alpha value is -2.15. The average molecular weight is 344 g/mol. The van der Waals surface area contributed by atoms with Gasteiger partial charge in [-0.15, -0.1) is 0 Å². The summed E-state index contributed by atoms with van der Waals surface area (Å²) in [5.74, 6) is 0.920. The molecule has 0 saturated carbocycles. The highest BCUT2D eigenvalue weighted by Crippen LogP contribution is 2.33. The van der Waals surface area contributed by atoms with Crippen LogP contribution in [0.4, 0.5) is 10.6 Å². The summed E-state index contributed by atoms with van der Waals surface area (Å²) < 4.78 is 5.32. The van der Waals surface area contributed by atoms with Gasteiger partial charge in [-0.05, 0) is 31.4 Å². The number of hydrogen-bond acceptors (Lipinski definition) is 5. The fourth-order valence-corrected chi connectivity index (χ4v) is 4.14. The van der Waals surface area contributed by atoms with Crippen LogP contribution in [0.25, 0.3) is 0 Å².